The van der Waals surface area contributed by atoms with Gasteiger partial charge in [-0.25, -0.2) is 0 Å². The number of carbonyl (C=O) groups is 1. The van der Waals surface area contributed by atoms with E-state index < -0.39 is 11.7 Å². The van der Waals surface area contributed by atoms with E-state index in [-0.39, 0.29) is 36.8 Å². The molecule has 1 aromatic rings. The number of rotatable bonds is 5. The van der Waals surface area contributed by atoms with E-state index in [0.717, 1.165) is 37.1 Å². The summed E-state index contributed by atoms with van der Waals surface area (Å²) < 4.78 is 38.2. The van der Waals surface area contributed by atoms with E-state index in [4.69, 9.17) is 0 Å². The predicted molar refractivity (Wildman–Crippen MR) is 93.7 cm³/mol. The fraction of sp³-hybridized carbons (Fsp3) is 0.588. The molecule has 1 amide bonds. The maximum Gasteiger partial charge on any atom is 0.416 e. The first kappa shape index (κ1) is 21.7. The minimum absolute atomic E-state index is 0. The minimum Gasteiger partial charge on any atom is -0.355 e. The van der Waals surface area contributed by atoms with Crippen molar-refractivity contribution in [3.8, 4) is 0 Å². The number of hydrogen-bond acceptors (Lipinski definition) is 3. The van der Waals surface area contributed by atoms with Gasteiger partial charge in [0.05, 0.1) is 12.1 Å². The normalized spacial score (nSPS) is 21.5. The summed E-state index contributed by atoms with van der Waals surface area (Å²) >= 11 is 0. The zero-order valence-electron chi connectivity index (χ0n) is 14.4. The second-order valence-corrected chi connectivity index (χ2v) is 6.28. The molecule has 0 aromatic heterocycles. The van der Waals surface area contributed by atoms with E-state index in [0.29, 0.717) is 6.54 Å². The van der Waals surface area contributed by atoms with Crippen molar-refractivity contribution in [2.45, 2.75) is 25.1 Å². The summed E-state index contributed by atoms with van der Waals surface area (Å²) in [6, 6.07) is 5.38. The molecule has 8 heteroatoms. The van der Waals surface area contributed by atoms with Crippen molar-refractivity contribution < 1.29 is 18.0 Å². The molecule has 2 unspecified atom stereocenters. The highest BCUT2D eigenvalue weighted by Crippen LogP contribution is 2.36. The lowest BCUT2D eigenvalue weighted by atomic mass is 9.84. The Labute approximate surface area is 152 Å². The summed E-state index contributed by atoms with van der Waals surface area (Å²) in [6.45, 7) is 1.68. The number of piperidine rings is 1. The summed E-state index contributed by atoms with van der Waals surface area (Å²) in [5, 5.41) is 5.70. The summed E-state index contributed by atoms with van der Waals surface area (Å²) in [6.07, 6.45) is -2.37. The third-order valence-corrected chi connectivity index (χ3v) is 4.49. The molecule has 2 rings (SSSR count). The Bertz CT molecular complexity index is 551. The lowest BCUT2D eigenvalue weighted by Gasteiger charge is -2.39. The maximum absolute atomic E-state index is 12.7. The molecule has 1 aliphatic rings. The maximum atomic E-state index is 12.7. The van der Waals surface area contributed by atoms with Crippen LogP contribution in [0.2, 0.25) is 0 Å². The molecule has 1 fully saturated rings. The second-order valence-electron chi connectivity index (χ2n) is 6.28. The minimum atomic E-state index is -4.32. The molecule has 0 bridgehead atoms. The van der Waals surface area contributed by atoms with Gasteiger partial charge in [-0.05, 0) is 57.1 Å². The van der Waals surface area contributed by atoms with Crippen molar-refractivity contribution in [2.24, 2.45) is 5.92 Å². The van der Waals surface area contributed by atoms with Gasteiger partial charge in [-0.15, -0.1) is 12.4 Å². The number of nitrogens with zero attached hydrogens (tertiary/aromatic N) is 1. The molecule has 1 heterocycles. The van der Waals surface area contributed by atoms with Crippen LogP contribution in [0.5, 0.6) is 0 Å². The van der Waals surface area contributed by atoms with Gasteiger partial charge >= 0.3 is 6.18 Å². The molecule has 142 valence electrons. The number of likely N-dealkylation sites (N-methyl/N-ethyl adjacent to an activating group) is 1. The number of alkyl halides is 3. The van der Waals surface area contributed by atoms with Crippen LogP contribution in [-0.4, -0.2) is 44.5 Å². The first-order valence-corrected chi connectivity index (χ1v) is 8.11. The monoisotopic (exact) mass is 379 g/mol. The van der Waals surface area contributed by atoms with Gasteiger partial charge in [0.25, 0.3) is 0 Å². The summed E-state index contributed by atoms with van der Waals surface area (Å²) in [4.78, 5) is 13.8. The molecule has 2 N–H and O–H groups in total. The molecule has 1 aromatic carbocycles. The lowest BCUT2D eigenvalue weighted by molar-refractivity contribution is -0.137. The topological polar surface area (TPSA) is 44.4 Å². The molecule has 1 saturated heterocycles. The summed E-state index contributed by atoms with van der Waals surface area (Å²) in [5.74, 6) is 0.109. The molecular formula is C17H25ClF3N3O. The molecule has 25 heavy (non-hydrogen) atoms. The Morgan fingerprint density at radius 2 is 1.92 bits per heavy atom. The molecule has 0 aliphatic carbocycles. The standard InChI is InChI=1S/C17H24F3N3O.ClH/c1-21-11-15(24)22-10-13-4-3-9-23(2)16(13)12-5-7-14(8-6-12)17(18,19)20;/h5-8,13,16,21H,3-4,9-11H2,1-2H3,(H,22,24);1H. The number of carbonyl (C=O) groups excluding carboxylic acids is 1. The van der Waals surface area contributed by atoms with Crippen molar-refractivity contribution in [3.63, 3.8) is 0 Å². The van der Waals surface area contributed by atoms with Gasteiger partial charge in [0.2, 0.25) is 5.91 Å². The average Bonchev–Trinajstić information content (AvgIpc) is 2.52. The second kappa shape index (κ2) is 9.40. The Balaban J connectivity index is 0.00000312. The SMILES string of the molecule is CNCC(=O)NCC1CCCN(C)C1c1ccc(C(F)(F)F)cc1.Cl. The Morgan fingerprint density at radius 3 is 2.48 bits per heavy atom. The quantitative estimate of drug-likeness (QED) is 0.826. The third-order valence-electron chi connectivity index (χ3n) is 4.49. The van der Waals surface area contributed by atoms with Crippen LogP contribution in [-0.2, 0) is 11.0 Å². The van der Waals surface area contributed by atoms with Gasteiger partial charge in [-0.3, -0.25) is 9.69 Å². The fourth-order valence-electron chi connectivity index (χ4n) is 3.34. The predicted octanol–water partition coefficient (Wildman–Crippen LogP) is 2.85. The number of likely N-dealkylation sites (tertiary alicyclic amines) is 1. The average molecular weight is 380 g/mol. The molecule has 1 aliphatic heterocycles. The highest BCUT2D eigenvalue weighted by Gasteiger charge is 2.33. The smallest absolute Gasteiger partial charge is 0.355 e. The lowest BCUT2D eigenvalue weighted by Crippen LogP contribution is -2.43. The van der Waals surface area contributed by atoms with Gasteiger partial charge < -0.3 is 10.6 Å². The van der Waals surface area contributed by atoms with E-state index in [1.807, 2.05) is 7.05 Å². The highest BCUT2D eigenvalue weighted by molar-refractivity contribution is 5.85. The van der Waals surface area contributed by atoms with Crippen LogP contribution in [0.25, 0.3) is 0 Å². The summed E-state index contributed by atoms with van der Waals surface area (Å²) in [5.41, 5.74) is 0.224. The van der Waals surface area contributed by atoms with Gasteiger partial charge in [-0.1, -0.05) is 12.1 Å². The van der Waals surface area contributed by atoms with Gasteiger partial charge in [0.1, 0.15) is 0 Å². The van der Waals surface area contributed by atoms with E-state index >= 15 is 0 Å². The van der Waals surface area contributed by atoms with E-state index in [2.05, 4.69) is 15.5 Å². The molecule has 0 spiro atoms. The number of amides is 1. The van der Waals surface area contributed by atoms with Gasteiger partial charge in [0.15, 0.2) is 0 Å². The Morgan fingerprint density at radius 1 is 1.28 bits per heavy atom. The van der Waals surface area contributed by atoms with Crippen molar-refractivity contribution in [1.82, 2.24) is 15.5 Å². The van der Waals surface area contributed by atoms with E-state index in [9.17, 15) is 18.0 Å². The molecular weight excluding hydrogens is 355 g/mol. The van der Waals surface area contributed by atoms with Crippen LogP contribution in [0.4, 0.5) is 13.2 Å². The van der Waals surface area contributed by atoms with Crippen LogP contribution in [0.15, 0.2) is 24.3 Å². The van der Waals surface area contributed by atoms with Crippen LogP contribution in [0, 0.1) is 5.92 Å². The fourth-order valence-corrected chi connectivity index (χ4v) is 3.34. The first-order chi connectivity index (χ1) is 11.3. The number of halogens is 4. The zero-order valence-corrected chi connectivity index (χ0v) is 15.2. The van der Waals surface area contributed by atoms with Crippen molar-refractivity contribution in [1.29, 1.82) is 0 Å². The van der Waals surface area contributed by atoms with Crippen LogP contribution < -0.4 is 10.6 Å². The van der Waals surface area contributed by atoms with Crippen molar-refractivity contribution in [2.75, 3.05) is 33.7 Å². The molecule has 4 nitrogen and oxygen atoms in total. The van der Waals surface area contributed by atoms with Crippen molar-refractivity contribution in [3.05, 3.63) is 35.4 Å². The third kappa shape index (κ3) is 5.87. The van der Waals surface area contributed by atoms with Crippen LogP contribution in [0.3, 0.4) is 0 Å². The number of hydrogen-bond donors (Lipinski definition) is 2. The van der Waals surface area contributed by atoms with E-state index in [1.54, 1.807) is 19.2 Å². The Kier molecular flexibility index (Phi) is 8.18. The largest absolute Gasteiger partial charge is 0.416 e. The summed E-state index contributed by atoms with van der Waals surface area (Å²) in [7, 11) is 3.68. The molecule has 0 radical (unpaired) electrons. The first-order valence-electron chi connectivity index (χ1n) is 8.11. The number of benzene rings is 1. The van der Waals surface area contributed by atoms with Crippen LogP contribution in [0.1, 0.15) is 30.0 Å². The van der Waals surface area contributed by atoms with Gasteiger partial charge in [0, 0.05) is 12.6 Å². The zero-order chi connectivity index (χ0) is 17.7. The van der Waals surface area contributed by atoms with Crippen LogP contribution >= 0.6 is 12.4 Å². The highest BCUT2D eigenvalue weighted by atomic mass is 35.5. The Hall–Kier alpha value is -1.31. The molecule has 0 saturated carbocycles. The van der Waals surface area contributed by atoms with Crippen molar-refractivity contribution >= 4 is 18.3 Å². The van der Waals surface area contributed by atoms with E-state index in [1.165, 1.54) is 0 Å². The number of nitrogens with one attached hydrogen (secondary N) is 2. The van der Waals surface area contributed by atoms with Gasteiger partial charge in [-0.2, -0.15) is 13.2 Å². The molecule has 2 atom stereocenters.